The number of anilines is 2. The first kappa shape index (κ1) is 17.9. The maximum Gasteiger partial charge on any atom is 0.175 e. The molecule has 0 aliphatic rings. The van der Waals surface area contributed by atoms with Gasteiger partial charge in [0.2, 0.25) is 0 Å². The predicted octanol–water partition coefficient (Wildman–Crippen LogP) is 5.89. The Bertz CT molecular complexity index is 1070. The number of rotatable bonds is 4. The molecule has 2 aromatic carbocycles. The molecule has 4 nitrogen and oxygen atoms in total. The van der Waals surface area contributed by atoms with Gasteiger partial charge in [0.25, 0.3) is 0 Å². The summed E-state index contributed by atoms with van der Waals surface area (Å²) in [5.74, 6) is 0. The number of thiocarbonyl (C=S) groups is 1. The molecule has 2 N–H and O–H groups in total. The summed E-state index contributed by atoms with van der Waals surface area (Å²) in [5, 5.41) is 8.09. The van der Waals surface area contributed by atoms with E-state index in [0.717, 1.165) is 37.1 Å². The largest absolute Gasteiger partial charge is 0.332 e. The van der Waals surface area contributed by atoms with Crippen molar-refractivity contribution in [2.45, 2.75) is 4.90 Å². The van der Waals surface area contributed by atoms with Crippen LogP contribution in [0.15, 0.2) is 71.9 Å². The minimum absolute atomic E-state index is 0.548. The lowest BCUT2D eigenvalue weighted by Crippen LogP contribution is -2.19. The smallest absolute Gasteiger partial charge is 0.175 e. The molecule has 4 rings (SSSR count). The fourth-order valence-electron chi connectivity index (χ4n) is 2.70. The van der Waals surface area contributed by atoms with E-state index in [0.29, 0.717) is 5.11 Å². The molecule has 7 heteroatoms. The minimum atomic E-state index is 0.548. The first-order valence-corrected chi connectivity index (χ1v) is 10.7. The molecule has 0 unspecified atom stereocenters. The number of hydrogen-bond donors (Lipinski definition) is 2. The van der Waals surface area contributed by atoms with Gasteiger partial charge < -0.3 is 10.6 Å². The molecule has 2 heterocycles. The van der Waals surface area contributed by atoms with Crippen molar-refractivity contribution in [3.05, 3.63) is 67.0 Å². The molecule has 0 atom stereocenters. The zero-order chi connectivity index (χ0) is 18.6. The van der Waals surface area contributed by atoms with E-state index in [1.54, 1.807) is 29.3 Å². The van der Waals surface area contributed by atoms with Gasteiger partial charge in [-0.15, -0.1) is 23.1 Å². The second kappa shape index (κ2) is 8.04. The van der Waals surface area contributed by atoms with Crippen LogP contribution in [0.1, 0.15) is 0 Å². The highest BCUT2D eigenvalue weighted by Gasteiger charge is 2.12. The van der Waals surface area contributed by atoms with Crippen molar-refractivity contribution >= 4 is 62.0 Å². The number of nitrogens with one attached hydrogen (secondary N) is 2. The lowest BCUT2D eigenvalue weighted by molar-refractivity contribution is 1.36. The maximum absolute atomic E-state index is 5.54. The van der Waals surface area contributed by atoms with Crippen LogP contribution in [0.5, 0.6) is 0 Å². The number of thiazole rings is 1. The Morgan fingerprint density at radius 1 is 1.00 bits per heavy atom. The number of pyridine rings is 1. The third-order valence-corrected chi connectivity index (χ3v) is 5.99. The number of thioether (sulfide) groups is 1. The highest BCUT2D eigenvalue weighted by atomic mass is 32.2. The molecule has 134 valence electrons. The minimum Gasteiger partial charge on any atom is -0.332 e. The van der Waals surface area contributed by atoms with Crippen molar-refractivity contribution in [3.63, 3.8) is 0 Å². The molecule has 0 aliphatic carbocycles. The van der Waals surface area contributed by atoms with E-state index in [1.165, 1.54) is 0 Å². The summed E-state index contributed by atoms with van der Waals surface area (Å²) in [6.07, 6.45) is 5.66. The fraction of sp³-hybridized carbons (Fsp3) is 0.0500. The summed E-state index contributed by atoms with van der Waals surface area (Å²) >= 11 is 8.84. The summed E-state index contributed by atoms with van der Waals surface area (Å²) in [7, 11) is 0. The normalized spacial score (nSPS) is 10.7. The van der Waals surface area contributed by atoms with Gasteiger partial charge in [-0.3, -0.25) is 4.98 Å². The quantitative estimate of drug-likeness (QED) is 0.324. The van der Waals surface area contributed by atoms with Gasteiger partial charge in [-0.1, -0.05) is 24.3 Å². The molecule has 0 saturated heterocycles. The molecule has 4 aromatic rings. The van der Waals surface area contributed by atoms with Gasteiger partial charge in [-0.2, -0.15) is 0 Å². The van der Waals surface area contributed by atoms with Crippen LogP contribution in [0.4, 0.5) is 11.4 Å². The van der Waals surface area contributed by atoms with E-state index in [2.05, 4.69) is 21.7 Å². The van der Waals surface area contributed by atoms with E-state index < -0.39 is 0 Å². The number of nitrogens with zero attached hydrogens (tertiary/aromatic N) is 2. The SMILES string of the molecule is CSc1ccccc1NC(=S)Nc1ccccc1-c1nc2ccncc2s1. The average molecular weight is 409 g/mol. The summed E-state index contributed by atoms with van der Waals surface area (Å²) in [4.78, 5) is 10.1. The molecule has 0 aliphatic heterocycles. The molecule has 2 aromatic heterocycles. The van der Waals surface area contributed by atoms with Crippen molar-refractivity contribution in [2.24, 2.45) is 0 Å². The van der Waals surface area contributed by atoms with E-state index in [4.69, 9.17) is 17.2 Å². The molecular formula is C20H16N4S3. The Morgan fingerprint density at radius 3 is 2.56 bits per heavy atom. The van der Waals surface area contributed by atoms with Gasteiger partial charge >= 0.3 is 0 Å². The van der Waals surface area contributed by atoms with Crippen molar-refractivity contribution in [1.29, 1.82) is 0 Å². The van der Waals surface area contributed by atoms with Crippen LogP contribution in [-0.2, 0) is 0 Å². The second-order valence-electron chi connectivity index (χ2n) is 5.69. The van der Waals surface area contributed by atoms with Crippen LogP contribution in [0.3, 0.4) is 0 Å². The summed E-state index contributed by atoms with van der Waals surface area (Å²) < 4.78 is 1.07. The Morgan fingerprint density at radius 2 is 1.74 bits per heavy atom. The van der Waals surface area contributed by atoms with Crippen LogP contribution >= 0.6 is 35.3 Å². The van der Waals surface area contributed by atoms with Gasteiger partial charge in [0.05, 0.1) is 21.6 Å². The third-order valence-electron chi connectivity index (χ3n) is 3.95. The number of para-hydroxylation sites is 2. The van der Waals surface area contributed by atoms with E-state index in [9.17, 15) is 0 Å². The Balaban J connectivity index is 1.60. The zero-order valence-corrected chi connectivity index (χ0v) is 16.9. The molecule has 27 heavy (non-hydrogen) atoms. The topological polar surface area (TPSA) is 49.8 Å². The highest BCUT2D eigenvalue weighted by Crippen LogP contribution is 2.34. The van der Waals surface area contributed by atoms with Gasteiger partial charge in [0.15, 0.2) is 5.11 Å². The molecule has 0 saturated carbocycles. The maximum atomic E-state index is 5.54. The summed E-state index contributed by atoms with van der Waals surface area (Å²) in [6.45, 7) is 0. The lowest BCUT2D eigenvalue weighted by atomic mass is 10.2. The van der Waals surface area contributed by atoms with E-state index >= 15 is 0 Å². The van der Waals surface area contributed by atoms with E-state index in [-0.39, 0.29) is 0 Å². The number of fused-ring (bicyclic) bond motifs is 1. The predicted molar refractivity (Wildman–Crippen MR) is 121 cm³/mol. The zero-order valence-electron chi connectivity index (χ0n) is 14.5. The van der Waals surface area contributed by atoms with Crippen LogP contribution in [0, 0.1) is 0 Å². The van der Waals surface area contributed by atoms with Gasteiger partial charge in [0, 0.05) is 22.9 Å². The van der Waals surface area contributed by atoms with Crippen molar-refractivity contribution in [3.8, 4) is 10.6 Å². The van der Waals surface area contributed by atoms with Crippen LogP contribution < -0.4 is 10.6 Å². The first-order chi connectivity index (χ1) is 13.2. The highest BCUT2D eigenvalue weighted by molar-refractivity contribution is 7.98. The third kappa shape index (κ3) is 3.95. The molecule has 0 amide bonds. The van der Waals surface area contributed by atoms with Gasteiger partial charge in [-0.05, 0) is 48.8 Å². The standard InChI is InChI=1S/C20H16N4S3/c1-26-17-9-5-4-8-15(17)24-20(25)23-14-7-3-2-6-13(14)19-22-16-10-11-21-12-18(16)27-19/h2-12H,1H3,(H2,23,24,25). The Kier molecular flexibility index (Phi) is 5.33. The fourth-order valence-corrected chi connectivity index (χ4v) is 4.44. The average Bonchev–Trinajstić information content (AvgIpc) is 3.13. The van der Waals surface area contributed by atoms with Gasteiger partial charge in [-0.25, -0.2) is 4.98 Å². The molecule has 0 bridgehead atoms. The molecule has 0 radical (unpaired) electrons. The molecule has 0 spiro atoms. The summed E-state index contributed by atoms with van der Waals surface area (Å²) in [6, 6.07) is 18.1. The van der Waals surface area contributed by atoms with Crippen LogP contribution in [-0.4, -0.2) is 21.3 Å². The summed E-state index contributed by atoms with van der Waals surface area (Å²) in [5.41, 5.74) is 3.88. The van der Waals surface area contributed by atoms with E-state index in [1.807, 2.05) is 61.0 Å². The van der Waals surface area contributed by atoms with Crippen molar-refractivity contribution in [2.75, 3.05) is 16.9 Å². The van der Waals surface area contributed by atoms with Crippen LogP contribution in [0.2, 0.25) is 0 Å². The number of benzene rings is 2. The second-order valence-corrected chi connectivity index (χ2v) is 7.97. The lowest BCUT2D eigenvalue weighted by Gasteiger charge is -2.14. The van der Waals surface area contributed by atoms with Crippen molar-refractivity contribution in [1.82, 2.24) is 9.97 Å². The molecule has 0 fully saturated rings. The first-order valence-electron chi connectivity index (χ1n) is 8.25. The number of hydrogen-bond acceptors (Lipinski definition) is 5. The molecular weight excluding hydrogens is 392 g/mol. The Hall–Kier alpha value is -2.48. The van der Waals surface area contributed by atoms with Crippen LogP contribution in [0.25, 0.3) is 20.8 Å². The number of aromatic nitrogens is 2. The Labute approximate surface area is 171 Å². The van der Waals surface area contributed by atoms with Crippen molar-refractivity contribution < 1.29 is 0 Å². The monoisotopic (exact) mass is 408 g/mol. The van der Waals surface area contributed by atoms with Gasteiger partial charge in [0.1, 0.15) is 5.01 Å².